The molecule has 2 rings (SSSR count). The number of aliphatic hydroxyl groups is 1. The van der Waals surface area contributed by atoms with Crippen LogP contribution in [0.15, 0.2) is 42.5 Å². The summed E-state index contributed by atoms with van der Waals surface area (Å²) in [6.45, 7) is -0.0625. The maximum Gasteiger partial charge on any atom is 0.339 e. The fourth-order valence-corrected chi connectivity index (χ4v) is 1.74. The molecule has 0 bridgehead atoms. The van der Waals surface area contributed by atoms with Crippen LogP contribution in [0.3, 0.4) is 0 Å². The summed E-state index contributed by atoms with van der Waals surface area (Å²) in [5, 5.41) is 27.5. The van der Waals surface area contributed by atoms with Crippen LogP contribution in [0.5, 0.6) is 5.75 Å². The summed E-state index contributed by atoms with van der Waals surface area (Å²) in [7, 11) is 0. The molecule has 0 aromatic heterocycles. The van der Waals surface area contributed by atoms with E-state index in [1.54, 1.807) is 24.3 Å². The van der Waals surface area contributed by atoms with Crippen LogP contribution < -0.4 is 0 Å². The molecule has 0 unspecified atom stereocenters. The van der Waals surface area contributed by atoms with Crippen molar-refractivity contribution in [1.82, 2.24) is 0 Å². The maximum atomic E-state index is 10.8. The maximum absolute atomic E-state index is 10.8. The van der Waals surface area contributed by atoms with Crippen molar-refractivity contribution in [3.05, 3.63) is 53.6 Å². The van der Waals surface area contributed by atoms with Crippen molar-refractivity contribution in [2.45, 2.75) is 6.61 Å². The van der Waals surface area contributed by atoms with E-state index in [9.17, 15) is 9.90 Å². The zero-order valence-electron chi connectivity index (χ0n) is 9.50. The average Bonchev–Trinajstić information content (AvgIpc) is 2.38. The van der Waals surface area contributed by atoms with Gasteiger partial charge in [-0.1, -0.05) is 24.3 Å². The Balaban J connectivity index is 2.45. The Kier molecular flexibility index (Phi) is 3.30. The summed E-state index contributed by atoms with van der Waals surface area (Å²) in [6.07, 6.45) is 0. The van der Waals surface area contributed by atoms with Gasteiger partial charge in [0.1, 0.15) is 11.3 Å². The molecule has 0 aliphatic carbocycles. The lowest BCUT2D eigenvalue weighted by Crippen LogP contribution is -1.96. The summed E-state index contributed by atoms with van der Waals surface area (Å²) in [5.41, 5.74) is 2.15. The SMILES string of the molecule is O=C(O)c1ccc(-c2cccc(CO)c2)cc1O. The first-order valence-corrected chi connectivity index (χ1v) is 5.38. The van der Waals surface area contributed by atoms with Crippen LogP contribution in [0, 0.1) is 0 Å². The molecule has 92 valence electrons. The van der Waals surface area contributed by atoms with Crippen molar-refractivity contribution >= 4 is 5.97 Å². The van der Waals surface area contributed by atoms with Gasteiger partial charge in [0.05, 0.1) is 6.61 Å². The summed E-state index contributed by atoms with van der Waals surface area (Å²) in [5.74, 6) is -1.43. The van der Waals surface area contributed by atoms with Crippen LogP contribution >= 0.6 is 0 Å². The van der Waals surface area contributed by atoms with Gasteiger partial charge in [-0.25, -0.2) is 4.79 Å². The number of aromatic hydroxyl groups is 1. The molecule has 0 saturated carbocycles. The lowest BCUT2D eigenvalue weighted by molar-refractivity contribution is 0.0694. The molecular formula is C14H12O4. The van der Waals surface area contributed by atoms with Crippen molar-refractivity contribution in [2.75, 3.05) is 0 Å². The molecule has 0 radical (unpaired) electrons. The Morgan fingerprint density at radius 1 is 1.06 bits per heavy atom. The first-order chi connectivity index (χ1) is 8.61. The van der Waals surface area contributed by atoms with E-state index >= 15 is 0 Å². The lowest BCUT2D eigenvalue weighted by Gasteiger charge is -2.06. The van der Waals surface area contributed by atoms with Crippen molar-refractivity contribution in [2.24, 2.45) is 0 Å². The Labute approximate surface area is 104 Å². The van der Waals surface area contributed by atoms with Crippen LogP contribution in [0.1, 0.15) is 15.9 Å². The molecule has 0 aliphatic rings. The van der Waals surface area contributed by atoms with E-state index in [0.29, 0.717) is 5.56 Å². The highest BCUT2D eigenvalue weighted by atomic mass is 16.4. The van der Waals surface area contributed by atoms with Gasteiger partial charge in [0.15, 0.2) is 0 Å². The molecule has 4 nitrogen and oxygen atoms in total. The predicted octanol–water partition coefficient (Wildman–Crippen LogP) is 2.25. The molecule has 2 aromatic rings. The van der Waals surface area contributed by atoms with Gasteiger partial charge in [0.2, 0.25) is 0 Å². The highest BCUT2D eigenvalue weighted by Gasteiger charge is 2.10. The Morgan fingerprint density at radius 3 is 2.39 bits per heavy atom. The Bertz CT molecular complexity index is 590. The summed E-state index contributed by atoms with van der Waals surface area (Å²) in [4.78, 5) is 10.8. The molecule has 0 atom stereocenters. The molecule has 0 saturated heterocycles. The minimum Gasteiger partial charge on any atom is -0.507 e. The third kappa shape index (κ3) is 2.33. The first kappa shape index (κ1) is 12.1. The van der Waals surface area contributed by atoms with Gasteiger partial charge in [-0.3, -0.25) is 0 Å². The normalized spacial score (nSPS) is 10.3. The average molecular weight is 244 g/mol. The third-order valence-corrected chi connectivity index (χ3v) is 2.67. The van der Waals surface area contributed by atoms with E-state index in [4.69, 9.17) is 10.2 Å². The molecule has 0 spiro atoms. The molecule has 0 amide bonds. The third-order valence-electron chi connectivity index (χ3n) is 2.67. The fraction of sp³-hybridized carbons (Fsp3) is 0.0714. The van der Waals surface area contributed by atoms with Crippen LogP contribution in [-0.4, -0.2) is 21.3 Å². The first-order valence-electron chi connectivity index (χ1n) is 5.38. The van der Waals surface area contributed by atoms with Crippen LogP contribution in [-0.2, 0) is 6.61 Å². The van der Waals surface area contributed by atoms with Crippen LogP contribution in [0.4, 0.5) is 0 Å². The molecule has 0 heterocycles. The minimum atomic E-state index is -1.16. The van der Waals surface area contributed by atoms with Crippen molar-refractivity contribution in [3.63, 3.8) is 0 Å². The number of aromatic carboxylic acids is 1. The van der Waals surface area contributed by atoms with E-state index < -0.39 is 5.97 Å². The van der Waals surface area contributed by atoms with Crippen molar-refractivity contribution in [3.8, 4) is 16.9 Å². The molecule has 18 heavy (non-hydrogen) atoms. The van der Waals surface area contributed by atoms with Gasteiger partial charge in [0.25, 0.3) is 0 Å². The Morgan fingerprint density at radius 2 is 1.78 bits per heavy atom. The van der Waals surface area contributed by atoms with Gasteiger partial charge in [-0.2, -0.15) is 0 Å². The largest absolute Gasteiger partial charge is 0.507 e. The second-order valence-corrected chi connectivity index (χ2v) is 3.90. The number of carboxylic acid groups (broad SMARTS) is 1. The zero-order chi connectivity index (χ0) is 13.1. The topological polar surface area (TPSA) is 77.8 Å². The molecule has 3 N–H and O–H groups in total. The number of carboxylic acids is 1. The van der Waals surface area contributed by atoms with E-state index in [1.165, 1.54) is 12.1 Å². The second kappa shape index (κ2) is 4.89. The number of benzene rings is 2. The number of hydrogen-bond donors (Lipinski definition) is 3. The monoisotopic (exact) mass is 244 g/mol. The standard InChI is InChI=1S/C14H12O4/c15-8-9-2-1-3-10(6-9)11-4-5-12(14(17)18)13(16)7-11/h1-7,15-16H,8H2,(H,17,18). The van der Waals surface area contributed by atoms with Crippen LogP contribution in [0.25, 0.3) is 11.1 Å². The predicted molar refractivity (Wildman–Crippen MR) is 66.4 cm³/mol. The van der Waals surface area contributed by atoms with E-state index in [2.05, 4.69) is 0 Å². The number of phenols is 1. The summed E-state index contributed by atoms with van der Waals surface area (Å²) in [6, 6.07) is 11.6. The smallest absolute Gasteiger partial charge is 0.339 e. The summed E-state index contributed by atoms with van der Waals surface area (Å²) >= 11 is 0. The molecule has 2 aromatic carbocycles. The molecule has 4 heteroatoms. The Hall–Kier alpha value is -2.33. The molecular weight excluding hydrogens is 232 g/mol. The highest BCUT2D eigenvalue weighted by Crippen LogP contribution is 2.27. The number of hydrogen-bond acceptors (Lipinski definition) is 3. The van der Waals surface area contributed by atoms with Crippen LogP contribution in [0.2, 0.25) is 0 Å². The van der Waals surface area contributed by atoms with Crippen molar-refractivity contribution in [1.29, 1.82) is 0 Å². The van der Waals surface area contributed by atoms with Gasteiger partial charge >= 0.3 is 5.97 Å². The number of carbonyl (C=O) groups is 1. The van der Waals surface area contributed by atoms with Crippen molar-refractivity contribution < 1.29 is 20.1 Å². The number of rotatable bonds is 3. The lowest BCUT2D eigenvalue weighted by atomic mass is 10.0. The second-order valence-electron chi connectivity index (χ2n) is 3.90. The quantitative estimate of drug-likeness (QED) is 0.773. The van der Waals surface area contributed by atoms with Gasteiger partial charge in [-0.15, -0.1) is 0 Å². The fourth-order valence-electron chi connectivity index (χ4n) is 1.74. The van der Waals surface area contributed by atoms with Gasteiger partial charge < -0.3 is 15.3 Å². The molecule has 0 aliphatic heterocycles. The van der Waals surface area contributed by atoms with E-state index in [1.807, 2.05) is 6.07 Å². The summed E-state index contributed by atoms with van der Waals surface area (Å²) < 4.78 is 0. The minimum absolute atomic E-state index is 0.0625. The van der Waals surface area contributed by atoms with Gasteiger partial charge in [0, 0.05) is 0 Å². The molecule has 0 fully saturated rings. The van der Waals surface area contributed by atoms with Gasteiger partial charge in [-0.05, 0) is 34.9 Å². The highest BCUT2D eigenvalue weighted by molar-refractivity contribution is 5.91. The van der Waals surface area contributed by atoms with E-state index in [0.717, 1.165) is 11.1 Å². The number of aliphatic hydroxyl groups excluding tert-OH is 1. The van der Waals surface area contributed by atoms with E-state index in [-0.39, 0.29) is 17.9 Å². The zero-order valence-corrected chi connectivity index (χ0v) is 9.50.